The Morgan fingerprint density at radius 2 is 0.758 bits per heavy atom. The topological polar surface area (TPSA) is 34.1 Å². The van der Waals surface area contributed by atoms with Crippen molar-refractivity contribution in [1.82, 2.24) is 0 Å². The largest absolute Gasteiger partial charge is 0.303 e. The van der Waals surface area contributed by atoms with Crippen LogP contribution in [0.1, 0.15) is 43.9 Å². The second-order valence-electron chi connectivity index (χ2n) is 8.72. The van der Waals surface area contributed by atoms with Crippen LogP contribution in [0.3, 0.4) is 0 Å². The van der Waals surface area contributed by atoms with Crippen molar-refractivity contribution in [3.63, 3.8) is 0 Å². The van der Waals surface area contributed by atoms with Crippen LogP contribution in [0.15, 0.2) is 121 Å². The summed E-state index contributed by atoms with van der Waals surface area (Å²) in [5.41, 5.74) is 3.05. The Hall–Kier alpha value is -3.82. The van der Waals surface area contributed by atoms with E-state index in [9.17, 15) is 9.59 Å². The van der Waals surface area contributed by atoms with Crippen LogP contribution >= 0.6 is 0 Å². The van der Waals surface area contributed by atoms with E-state index in [0.717, 1.165) is 11.1 Å². The van der Waals surface area contributed by atoms with Gasteiger partial charge in [-0.2, -0.15) is 0 Å². The number of quaternary nitrogens is 1. The van der Waals surface area contributed by atoms with E-state index in [1.54, 1.807) is 0 Å². The fourth-order valence-electron chi connectivity index (χ4n) is 4.62. The molecular weight excluding hydrogens is 406 g/mol. The summed E-state index contributed by atoms with van der Waals surface area (Å²) < 4.78 is 0.162. The third-order valence-corrected chi connectivity index (χ3v) is 6.17. The third kappa shape index (κ3) is 4.69. The molecular formula is C30H28NO2+. The smallest absolute Gasteiger partial charge is 0.224 e. The van der Waals surface area contributed by atoms with Crippen molar-refractivity contribution in [3.8, 4) is 0 Å². The maximum Gasteiger partial charge on any atom is 0.224 e. The molecule has 0 saturated carbocycles. The normalized spacial score (nSPS) is 13.2. The van der Waals surface area contributed by atoms with Gasteiger partial charge in [0.05, 0.1) is 14.1 Å². The minimum absolute atomic E-state index is 0.00593. The molecule has 0 bridgehead atoms. The van der Waals surface area contributed by atoms with E-state index in [-0.39, 0.29) is 16.0 Å². The van der Waals surface area contributed by atoms with Gasteiger partial charge in [0.1, 0.15) is 0 Å². The number of ketones is 2. The minimum atomic E-state index is -0.563. The Morgan fingerprint density at radius 3 is 1.06 bits per heavy atom. The van der Waals surface area contributed by atoms with Crippen molar-refractivity contribution in [3.05, 3.63) is 144 Å². The summed E-state index contributed by atoms with van der Waals surface area (Å²) >= 11 is 0. The number of Topliss-reactive ketones (excluding diaryl/α,β-unsaturated/α-hetero) is 2. The molecule has 4 aromatic rings. The van der Waals surface area contributed by atoms with E-state index in [1.807, 2.05) is 135 Å². The first kappa shape index (κ1) is 22.4. The van der Waals surface area contributed by atoms with Gasteiger partial charge in [-0.25, -0.2) is 0 Å². The number of carbonyl (C=O) groups excluding carboxylic acids is 2. The van der Waals surface area contributed by atoms with Gasteiger partial charge in [0.15, 0.2) is 12.1 Å². The van der Waals surface area contributed by atoms with Gasteiger partial charge in [0, 0.05) is 22.3 Å². The molecule has 3 heteroatoms. The molecule has 164 valence electrons. The summed E-state index contributed by atoms with van der Waals surface area (Å²) in [6, 6.07) is 37.1. The Labute approximate surface area is 195 Å². The summed E-state index contributed by atoms with van der Waals surface area (Å²) in [6.45, 7) is 0. The number of nitrogens with zero attached hydrogens (tertiary/aromatic N) is 1. The zero-order chi connectivity index (χ0) is 23.3. The molecule has 0 saturated heterocycles. The average molecular weight is 435 g/mol. The molecule has 0 fully saturated rings. The predicted molar refractivity (Wildman–Crippen MR) is 132 cm³/mol. The molecule has 0 amide bonds. The lowest BCUT2D eigenvalue weighted by Gasteiger charge is -2.43. The average Bonchev–Trinajstić information content (AvgIpc) is 2.86. The van der Waals surface area contributed by atoms with Gasteiger partial charge in [-0.1, -0.05) is 121 Å². The van der Waals surface area contributed by atoms with Crippen LogP contribution in [0.5, 0.6) is 0 Å². The zero-order valence-electron chi connectivity index (χ0n) is 19.0. The fraction of sp³-hybridized carbons (Fsp3) is 0.133. The lowest BCUT2D eigenvalue weighted by Crippen LogP contribution is -2.52. The van der Waals surface area contributed by atoms with E-state index >= 15 is 0 Å². The van der Waals surface area contributed by atoms with E-state index in [2.05, 4.69) is 0 Å². The molecule has 0 spiro atoms. The highest BCUT2D eigenvalue weighted by Crippen LogP contribution is 2.39. The van der Waals surface area contributed by atoms with E-state index in [4.69, 9.17) is 0 Å². The van der Waals surface area contributed by atoms with Crippen LogP contribution in [-0.2, 0) is 0 Å². The Balaban J connectivity index is 1.89. The van der Waals surface area contributed by atoms with Crippen LogP contribution < -0.4 is 0 Å². The lowest BCUT2D eigenvalue weighted by molar-refractivity contribution is -0.931. The lowest BCUT2D eigenvalue weighted by atomic mass is 9.88. The molecule has 3 nitrogen and oxygen atoms in total. The first-order chi connectivity index (χ1) is 16.0. The van der Waals surface area contributed by atoms with Crippen molar-refractivity contribution in [2.24, 2.45) is 0 Å². The Bertz CT molecular complexity index is 1110. The highest BCUT2D eigenvalue weighted by atomic mass is 16.1. The molecule has 0 aliphatic heterocycles. The standard InChI is InChI=1S/C30H28NO2/c1-31(2,27(23-15-7-3-8-16-23)29(32)25-19-11-5-12-20-25)28(24-17-9-4-10-18-24)30(33)26-21-13-6-14-22-26/h3-22,27-28H,1-2H3/q+1. The molecule has 0 aliphatic carbocycles. The molecule has 2 unspecified atom stereocenters. The van der Waals surface area contributed by atoms with Gasteiger partial charge < -0.3 is 4.48 Å². The molecule has 0 radical (unpaired) electrons. The fourth-order valence-corrected chi connectivity index (χ4v) is 4.62. The summed E-state index contributed by atoms with van der Waals surface area (Å²) in [5.74, 6) is -0.0119. The summed E-state index contributed by atoms with van der Waals surface area (Å²) in [5, 5.41) is 0. The molecule has 33 heavy (non-hydrogen) atoms. The number of rotatable bonds is 8. The minimum Gasteiger partial charge on any atom is -0.303 e. The quantitative estimate of drug-likeness (QED) is 0.240. The van der Waals surface area contributed by atoms with Crippen molar-refractivity contribution >= 4 is 11.6 Å². The van der Waals surface area contributed by atoms with Crippen molar-refractivity contribution in [2.45, 2.75) is 12.1 Å². The maximum atomic E-state index is 14.0. The van der Waals surface area contributed by atoms with Crippen molar-refractivity contribution in [2.75, 3.05) is 14.1 Å². The summed E-state index contributed by atoms with van der Waals surface area (Å²) in [7, 11) is 3.97. The molecule has 0 aromatic heterocycles. The number of hydrogen-bond donors (Lipinski definition) is 0. The summed E-state index contributed by atoms with van der Waals surface area (Å²) in [4.78, 5) is 27.9. The Morgan fingerprint density at radius 1 is 0.485 bits per heavy atom. The van der Waals surface area contributed by atoms with Gasteiger partial charge in [-0.3, -0.25) is 9.59 Å². The number of carbonyl (C=O) groups is 2. The van der Waals surface area contributed by atoms with Crippen LogP contribution in [0.2, 0.25) is 0 Å². The first-order valence-electron chi connectivity index (χ1n) is 11.1. The van der Waals surface area contributed by atoms with Gasteiger partial charge in [0.2, 0.25) is 11.6 Å². The van der Waals surface area contributed by atoms with Gasteiger partial charge in [0.25, 0.3) is 0 Å². The van der Waals surface area contributed by atoms with Gasteiger partial charge >= 0.3 is 0 Å². The second kappa shape index (κ2) is 9.76. The molecule has 2 atom stereocenters. The van der Waals surface area contributed by atoms with Crippen LogP contribution in [0.4, 0.5) is 0 Å². The first-order valence-corrected chi connectivity index (χ1v) is 11.1. The second-order valence-corrected chi connectivity index (χ2v) is 8.72. The monoisotopic (exact) mass is 434 g/mol. The van der Waals surface area contributed by atoms with Crippen LogP contribution in [0.25, 0.3) is 0 Å². The molecule has 4 aromatic carbocycles. The highest BCUT2D eigenvalue weighted by Gasteiger charge is 2.46. The molecule has 4 rings (SSSR count). The predicted octanol–water partition coefficient (Wildman–Crippen LogP) is 6.31. The number of benzene rings is 4. The van der Waals surface area contributed by atoms with E-state index < -0.39 is 12.1 Å². The highest BCUT2D eigenvalue weighted by molar-refractivity contribution is 6.02. The maximum absolute atomic E-state index is 14.0. The van der Waals surface area contributed by atoms with Crippen LogP contribution in [-0.4, -0.2) is 30.1 Å². The van der Waals surface area contributed by atoms with Gasteiger partial charge in [-0.15, -0.1) is 0 Å². The third-order valence-electron chi connectivity index (χ3n) is 6.17. The summed E-state index contributed by atoms with van der Waals surface area (Å²) in [6.07, 6.45) is 0. The van der Waals surface area contributed by atoms with Gasteiger partial charge in [-0.05, 0) is 0 Å². The molecule has 0 N–H and O–H groups in total. The molecule has 0 aliphatic rings. The number of hydrogen-bond acceptors (Lipinski definition) is 2. The number of likely N-dealkylation sites (N-methyl/N-ethyl adjacent to an activating group) is 1. The zero-order valence-corrected chi connectivity index (χ0v) is 19.0. The Kier molecular flexibility index (Phi) is 6.62. The van der Waals surface area contributed by atoms with Crippen molar-refractivity contribution < 1.29 is 14.1 Å². The van der Waals surface area contributed by atoms with Crippen molar-refractivity contribution in [1.29, 1.82) is 0 Å². The molecule has 0 heterocycles. The van der Waals surface area contributed by atoms with Crippen LogP contribution in [0, 0.1) is 0 Å². The SMILES string of the molecule is C[N+](C)(C(C(=O)c1ccccc1)c1ccccc1)C(C(=O)c1ccccc1)c1ccccc1. The van der Waals surface area contributed by atoms with E-state index in [1.165, 1.54) is 0 Å². The van der Waals surface area contributed by atoms with E-state index in [0.29, 0.717) is 11.1 Å².